The maximum absolute atomic E-state index is 4.17. The van der Waals surface area contributed by atoms with Gasteiger partial charge in [0.15, 0.2) is 0 Å². The van der Waals surface area contributed by atoms with E-state index in [1.807, 2.05) is 12.5 Å². The van der Waals surface area contributed by atoms with Gasteiger partial charge in [0.1, 0.15) is 0 Å². The Balaban J connectivity index is 2.19. The van der Waals surface area contributed by atoms with Crippen molar-refractivity contribution in [1.82, 2.24) is 14.9 Å². The van der Waals surface area contributed by atoms with E-state index < -0.39 is 0 Å². The lowest BCUT2D eigenvalue weighted by Gasteiger charge is -2.12. The second-order valence-corrected chi connectivity index (χ2v) is 3.29. The molecule has 0 saturated carbocycles. The number of aromatic nitrogens is 2. The Labute approximate surface area is 72.8 Å². The van der Waals surface area contributed by atoms with Gasteiger partial charge in [0.2, 0.25) is 0 Å². The van der Waals surface area contributed by atoms with Crippen LogP contribution in [0, 0.1) is 0 Å². The van der Waals surface area contributed by atoms with E-state index in [1.54, 1.807) is 0 Å². The highest BCUT2D eigenvalue weighted by atomic mass is 15.1. The molecule has 0 amide bonds. The van der Waals surface area contributed by atoms with Crippen molar-refractivity contribution < 1.29 is 0 Å². The molecule has 1 aromatic heterocycles. The minimum absolute atomic E-state index is 0.641. The van der Waals surface area contributed by atoms with Crippen molar-refractivity contribution >= 4 is 0 Å². The number of imidazole rings is 1. The molecule has 12 heavy (non-hydrogen) atoms. The number of nitrogens with one attached hydrogen (secondary N) is 1. The highest BCUT2D eigenvalue weighted by molar-refractivity contribution is 5.01. The first-order valence-corrected chi connectivity index (χ1v) is 4.63. The Morgan fingerprint density at radius 1 is 1.75 bits per heavy atom. The number of nitrogens with zero attached hydrogens (tertiary/aromatic N) is 2. The molecule has 0 radical (unpaired) electrons. The average molecular weight is 165 g/mol. The van der Waals surface area contributed by atoms with Crippen LogP contribution < -0.4 is 5.32 Å². The summed E-state index contributed by atoms with van der Waals surface area (Å²) >= 11 is 0. The van der Waals surface area contributed by atoms with Crippen LogP contribution in [0.15, 0.2) is 12.5 Å². The van der Waals surface area contributed by atoms with Gasteiger partial charge in [0, 0.05) is 24.5 Å². The van der Waals surface area contributed by atoms with Crippen LogP contribution in [0.2, 0.25) is 0 Å². The van der Waals surface area contributed by atoms with Crippen LogP contribution in [0.5, 0.6) is 0 Å². The molecule has 3 heteroatoms. The molecule has 1 fully saturated rings. The van der Waals surface area contributed by atoms with E-state index in [2.05, 4.69) is 21.8 Å². The van der Waals surface area contributed by atoms with Crippen molar-refractivity contribution in [2.75, 3.05) is 13.1 Å². The lowest BCUT2D eigenvalue weighted by molar-refractivity contribution is 0.528. The third kappa shape index (κ3) is 1.25. The van der Waals surface area contributed by atoms with E-state index in [0.717, 1.165) is 19.5 Å². The summed E-state index contributed by atoms with van der Waals surface area (Å²) in [5.41, 5.74) is 1.35. The van der Waals surface area contributed by atoms with Crippen LogP contribution in [0.1, 0.15) is 25.1 Å². The number of hydrogen-bond acceptors (Lipinski definition) is 2. The van der Waals surface area contributed by atoms with E-state index in [0.29, 0.717) is 6.04 Å². The molecule has 1 aliphatic rings. The summed E-state index contributed by atoms with van der Waals surface area (Å²) in [5, 5.41) is 3.36. The number of aryl methyl sites for hydroxylation is 1. The smallest absolute Gasteiger partial charge is 0.0951 e. The van der Waals surface area contributed by atoms with E-state index in [-0.39, 0.29) is 0 Å². The van der Waals surface area contributed by atoms with Crippen LogP contribution in [0.4, 0.5) is 0 Å². The van der Waals surface area contributed by atoms with E-state index in [4.69, 9.17) is 0 Å². The third-order valence-electron chi connectivity index (χ3n) is 2.54. The maximum Gasteiger partial charge on any atom is 0.0951 e. The van der Waals surface area contributed by atoms with Crippen molar-refractivity contribution in [2.45, 2.75) is 25.8 Å². The van der Waals surface area contributed by atoms with Crippen LogP contribution in [0.25, 0.3) is 0 Å². The summed E-state index contributed by atoms with van der Waals surface area (Å²) < 4.78 is 2.31. The zero-order valence-corrected chi connectivity index (χ0v) is 7.45. The molecule has 1 aromatic rings. The zero-order valence-electron chi connectivity index (χ0n) is 7.45. The fourth-order valence-corrected chi connectivity index (χ4v) is 1.81. The third-order valence-corrected chi connectivity index (χ3v) is 2.54. The molecule has 1 aliphatic heterocycles. The highest BCUT2D eigenvalue weighted by Crippen LogP contribution is 2.17. The minimum atomic E-state index is 0.641. The lowest BCUT2D eigenvalue weighted by atomic mass is 10.2. The quantitative estimate of drug-likeness (QED) is 0.708. The van der Waals surface area contributed by atoms with Crippen LogP contribution >= 0.6 is 0 Å². The minimum Gasteiger partial charge on any atom is -0.330 e. The molecule has 3 nitrogen and oxygen atoms in total. The van der Waals surface area contributed by atoms with Crippen LogP contribution in [-0.2, 0) is 6.42 Å². The molecule has 1 saturated heterocycles. The van der Waals surface area contributed by atoms with E-state index in [1.165, 1.54) is 12.1 Å². The predicted molar refractivity (Wildman–Crippen MR) is 48.1 cm³/mol. The van der Waals surface area contributed by atoms with Crippen LogP contribution in [-0.4, -0.2) is 22.6 Å². The molecule has 1 atom stereocenters. The molecule has 66 valence electrons. The Kier molecular flexibility index (Phi) is 2.13. The summed E-state index contributed by atoms with van der Waals surface area (Å²) in [7, 11) is 0. The van der Waals surface area contributed by atoms with Gasteiger partial charge < -0.3 is 9.88 Å². The molecule has 2 heterocycles. The Morgan fingerprint density at radius 2 is 2.67 bits per heavy atom. The average Bonchev–Trinajstić information content (AvgIpc) is 2.74. The SMILES string of the molecule is CCc1cncn1C1CCNC1. The van der Waals surface area contributed by atoms with E-state index in [9.17, 15) is 0 Å². The zero-order chi connectivity index (χ0) is 8.39. The second kappa shape index (κ2) is 3.27. The Morgan fingerprint density at radius 3 is 3.33 bits per heavy atom. The molecular formula is C9H15N3. The van der Waals surface area contributed by atoms with Crippen LogP contribution in [0.3, 0.4) is 0 Å². The first kappa shape index (κ1) is 7.80. The Bertz CT molecular complexity index is 248. The number of hydrogen-bond donors (Lipinski definition) is 1. The predicted octanol–water partition coefficient (Wildman–Crippen LogP) is 0.980. The van der Waals surface area contributed by atoms with Gasteiger partial charge in [-0.25, -0.2) is 4.98 Å². The molecule has 0 aromatic carbocycles. The van der Waals surface area contributed by atoms with Crippen molar-refractivity contribution in [3.8, 4) is 0 Å². The monoisotopic (exact) mass is 165 g/mol. The van der Waals surface area contributed by atoms with E-state index >= 15 is 0 Å². The Hall–Kier alpha value is -0.830. The molecule has 0 spiro atoms. The first-order valence-electron chi connectivity index (χ1n) is 4.63. The van der Waals surface area contributed by atoms with Gasteiger partial charge in [-0.2, -0.15) is 0 Å². The van der Waals surface area contributed by atoms with Gasteiger partial charge >= 0.3 is 0 Å². The van der Waals surface area contributed by atoms with Gasteiger partial charge in [-0.05, 0) is 19.4 Å². The second-order valence-electron chi connectivity index (χ2n) is 3.29. The summed E-state index contributed by atoms with van der Waals surface area (Å²) in [6.07, 6.45) is 6.24. The fraction of sp³-hybridized carbons (Fsp3) is 0.667. The van der Waals surface area contributed by atoms with Gasteiger partial charge in [0.05, 0.1) is 6.33 Å². The van der Waals surface area contributed by atoms with Crippen molar-refractivity contribution in [1.29, 1.82) is 0 Å². The standard InChI is InChI=1S/C9H15N3/c1-2-8-5-11-7-12(8)9-3-4-10-6-9/h5,7,9-10H,2-4,6H2,1H3. The number of rotatable bonds is 2. The molecule has 2 rings (SSSR count). The van der Waals surface area contributed by atoms with Crippen molar-refractivity contribution in [3.05, 3.63) is 18.2 Å². The molecule has 1 unspecified atom stereocenters. The summed E-state index contributed by atoms with van der Waals surface area (Å²) in [5.74, 6) is 0. The summed E-state index contributed by atoms with van der Waals surface area (Å²) in [4.78, 5) is 4.17. The van der Waals surface area contributed by atoms with Gasteiger partial charge in [-0.15, -0.1) is 0 Å². The fourth-order valence-electron chi connectivity index (χ4n) is 1.81. The largest absolute Gasteiger partial charge is 0.330 e. The molecule has 0 bridgehead atoms. The topological polar surface area (TPSA) is 29.9 Å². The molecular weight excluding hydrogens is 150 g/mol. The molecule has 0 aliphatic carbocycles. The highest BCUT2D eigenvalue weighted by Gasteiger charge is 2.17. The maximum atomic E-state index is 4.17. The van der Waals surface area contributed by atoms with Gasteiger partial charge in [-0.3, -0.25) is 0 Å². The molecule has 1 N–H and O–H groups in total. The van der Waals surface area contributed by atoms with Crippen molar-refractivity contribution in [3.63, 3.8) is 0 Å². The summed E-state index contributed by atoms with van der Waals surface area (Å²) in [6.45, 7) is 4.42. The van der Waals surface area contributed by atoms with Crippen molar-refractivity contribution in [2.24, 2.45) is 0 Å². The van der Waals surface area contributed by atoms with Gasteiger partial charge in [-0.1, -0.05) is 6.92 Å². The first-order chi connectivity index (χ1) is 5.92. The van der Waals surface area contributed by atoms with Gasteiger partial charge in [0.25, 0.3) is 0 Å². The normalized spacial score (nSPS) is 23.2. The lowest BCUT2D eigenvalue weighted by Crippen LogP contribution is -2.14. The summed E-state index contributed by atoms with van der Waals surface area (Å²) in [6, 6.07) is 0.641.